The zero-order chi connectivity index (χ0) is 15.9. The number of carbonyl (C=O) groups excluding carboxylic acids is 1. The first-order chi connectivity index (χ1) is 10.5. The molecule has 0 aliphatic rings. The van der Waals surface area contributed by atoms with Gasteiger partial charge in [-0.05, 0) is 48.7 Å². The lowest BCUT2D eigenvalue weighted by molar-refractivity contribution is -0.116. The van der Waals surface area contributed by atoms with E-state index in [9.17, 15) is 9.18 Å². The molecule has 0 heterocycles. The van der Waals surface area contributed by atoms with E-state index in [1.165, 1.54) is 12.1 Å². The van der Waals surface area contributed by atoms with Gasteiger partial charge >= 0.3 is 0 Å². The number of aryl methyl sites for hydroxylation is 2. The monoisotopic (exact) mass is 300 g/mol. The first-order valence-electron chi connectivity index (χ1n) is 7.37. The van der Waals surface area contributed by atoms with E-state index >= 15 is 0 Å². The number of carbonyl (C=O) groups is 1. The molecule has 2 aromatic carbocycles. The summed E-state index contributed by atoms with van der Waals surface area (Å²) in [5.41, 5.74) is 4.04. The van der Waals surface area contributed by atoms with Crippen molar-refractivity contribution in [2.75, 3.05) is 11.9 Å². The molecule has 0 aliphatic heterocycles. The second-order valence-corrected chi connectivity index (χ2v) is 5.42. The number of halogens is 1. The molecule has 0 aromatic heterocycles. The quantitative estimate of drug-likeness (QED) is 0.801. The minimum atomic E-state index is -0.239. The van der Waals surface area contributed by atoms with Crippen LogP contribution in [0.5, 0.6) is 0 Å². The normalized spacial score (nSPS) is 10.5. The molecule has 4 heteroatoms. The molecular formula is C18H21FN2O. The first kappa shape index (κ1) is 16.2. The van der Waals surface area contributed by atoms with E-state index < -0.39 is 0 Å². The Kier molecular flexibility index (Phi) is 5.67. The fourth-order valence-corrected chi connectivity index (χ4v) is 2.12. The number of hydrogen-bond acceptors (Lipinski definition) is 2. The average Bonchev–Trinajstić information content (AvgIpc) is 2.49. The topological polar surface area (TPSA) is 41.1 Å². The molecule has 0 atom stereocenters. The van der Waals surface area contributed by atoms with E-state index in [1.54, 1.807) is 12.1 Å². The van der Waals surface area contributed by atoms with Crippen LogP contribution in [0.3, 0.4) is 0 Å². The maximum atomic E-state index is 12.8. The average molecular weight is 300 g/mol. The molecule has 1 amide bonds. The largest absolute Gasteiger partial charge is 0.326 e. The zero-order valence-electron chi connectivity index (χ0n) is 12.9. The van der Waals surface area contributed by atoms with Gasteiger partial charge in [0.2, 0.25) is 5.91 Å². The fourth-order valence-electron chi connectivity index (χ4n) is 2.12. The molecule has 3 nitrogen and oxygen atoms in total. The van der Waals surface area contributed by atoms with Gasteiger partial charge in [0.1, 0.15) is 5.82 Å². The van der Waals surface area contributed by atoms with Crippen molar-refractivity contribution in [3.63, 3.8) is 0 Å². The van der Waals surface area contributed by atoms with E-state index in [-0.39, 0.29) is 11.7 Å². The Bertz CT molecular complexity index is 638. The van der Waals surface area contributed by atoms with Crippen molar-refractivity contribution in [1.29, 1.82) is 0 Å². The van der Waals surface area contributed by atoms with Crippen LogP contribution in [0.1, 0.15) is 23.1 Å². The molecule has 0 bridgehead atoms. The van der Waals surface area contributed by atoms with Crippen LogP contribution in [-0.4, -0.2) is 12.5 Å². The molecule has 0 aliphatic carbocycles. The van der Waals surface area contributed by atoms with E-state index in [1.807, 2.05) is 32.0 Å². The van der Waals surface area contributed by atoms with Crippen molar-refractivity contribution in [2.45, 2.75) is 26.8 Å². The fraction of sp³-hybridized carbons (Fsp3) is 0.278. The Labute approximate surface area is 130 Å². The number of anilines is 1. The standard InChI is InChI=1S/C18H21FN2O/c1-13-3-4-14(2)17(11-13)21-18(22)9-10-20-12-15-5-7-16(19)8-6-15/h3-8,11,20H,9-10,12H2,1-2H3,(H,21,22). The van der Waals surface area contributed by atoms with Crippen molar-refractivity contribution in [2.24, 2.45) is 0 Å². The Morgan fingerprint density at radius 3 is 2.55 bits per heavy atom. The smallest absolute Gasteiger partial charge is 0.225 e. The molecule has 2 rings (SSSR count). The molecule has 2 N–H and O–H groups in total. The Morgan fingerprint density at radius 2 is 1.82 bits per heavy atom. The third-order valence-corrected chi connectivity index (χ3v) is 3.44. The van der Waals surface area contributed by atoms with Gasteiger partial charge in [-0.15, -0.1) is 0 Å². The molecule has 22 heavy (non-hydrogen) atoms. The highest BCUT2D eigenvalue weighted by atomic mass is 19.1. The van der Waals surface area contributed by atoms with Crippen LogP contribution in [0.4, 0.5) is 10.1 Å². The van der Waals surface area contributed by atoms with Crippen molar-refractivity contribution in [3.8, 4) is 0 Å². The molecule has 0 fully saturated rings. The van der Waals surface area contributed by atoms with Gasteiger partial charge in [-0.3, -0.25) is 4.79 Å². The maximum Gasteiger partial charge on any atom is 0.225 e. The highest BCUT2D eigenvalue weighted by Crippen LogP contribution is 2.16. The number of nitrogens with one attached hydrogen (secondary N) is 2. The second kappa shape index (κ2) is 7.71. The van der Waals surface area contributed by atoms with Crippen LogP contribution in [0.15, 0.2) is 42.5 Å². The lowest BCUT2D eigenvalue weighted by Crippen LogP contribution is -2.21. The summed E-state index contributed by atoms with van der Waals surface area (Å²) in [4.78, 5) is 11.9. The van der Waals surface area contributed by atoms with E-state index in [4.69, 9.17) is 0 Å². The number of rotatable bonds is 6. The summed E-state index contributed by atoms with van der Waals surface area (Å²) in [6.07, 6.45) is 0.397. The SMILES string of the molecule is Cc1ccc(C)c(NC(=O)CCNCc2ccc(F)cc2)c1. The predicted molar refractivity (Wildman–Crippen MR) is 87.3 cm³/mol. The molecule has 0 saturated carbocycles. The van der Waals surface area contributed by atoms with Gasteiger partial charge in [-0.1, -0.05) is 24.3 Å². The van der Waals surface area contributed by atoms with E-state index in [0.29, 0.717) is 19.5 Å². The van der Waals surface area contributed by atoms with Crippen molar-refractivity contribution >= 4 is 11.6 Å². The Balaban J connectivity index is 1.74. The summed E-state index contributed by atoms with van der Waals surface area (Å²) < 4.78 is 12.8. The van der Waals surface area contributed by atoms with E-state index in [0.717, 1.165) is 22.4 Å². The second-order valence-electron chi connectivity index (χ2n) is 5.42. The number of hydrogen-bond donors (Lipinski definition) is 2. The molecule has 0 spiro atoms. The predicted octanol–water partition coefficient (Wildman–Crippen LogP) is 3.56. The number of amides is 1. The maximum absolute atomic E-state index is 12.8. The lowest BCUT2D eigenvalue weighted by Gasteiger charge is -2.10. The molecule has 0 unspecified atom stereocenters. The molecule has 116 valence electrons. The molecule has 0 radical (unpaired) electrons. The number of benzene rings is 2. The van der Waals surface area contributed by atoms with Gasteiger partial charge in [-0.25, -0.2) is 4.39 Å². The van der Waals surface area contributed by atoms with E-state index in [2.05, 4.69) is 10.6 Å². The van der Waals surface area contributed by atoms with Crippen LogP contribution in [0.25, 0.3) is 0 Å². The van der Waals surface area contributed by atoms with Crippen LogP contribution < -0.4 is 10.6 Å². The minimum absolute atomic E-state index is 0.0136. The summed E-state index contributed by atoms with van der Waals surface area (Å²) in [7, 11) is 0. The first-order valence-corrected chi connectivity index (χ1v) is 7.37. The molecule has 2 aromatic rings. The summed E-state index contributed by atoms with van der Waals surface area (Å²) in [6, 6.07) is 12.3. The third kappa shape index (κ3) is 4.97. The Hall–Kier alpha value is -2.20. The minimum Gasteiger partial charge on any atom is -0.326 e. The van der Waals surface area contributed by atoms with Gasteiger partial charge < -0.3 is 10.6 Å². The lowest BCUT2D eigenvalue weighted by atomic mass is 10.1. The van der Waals surface area contributed by atoms with Crippen molar-refractivity contribution in [3.05, 3.63) is 65.0 Å². The molecular weight excluding hydrogens is 279 g/mol. The van der Waals surface area contributed by atoms with Gasteiger partial charge in [0.25, 0.3) is 0 Å². The van der Waals surface area contributed by atoms with Crippen LogP contribution in [0.2, 0.25) is 0 Å². The summed E-state index contributed by atoms with van der Waals surface area (Å²) >= 11 is 0. The summed E-state index contributed by atoms with van der Waals surface area (Å²) in [6.45, 7) is 5.17. The highest BCUT2D eigenvalue weighted by molar-refractivity contribution is 5.91. The Morgan fingerprint density at radius 1 is 1.09 bits per heavy atom. The van der Waals surface area contributed by atoms with Gasteiger partial charge in [0.15, 0.2) is 0 Å². The highest BCUT2D eigenvalue weighted by Gasteiger charge is 2.05. The van der Waals surface area contributed by atoms with Crippen LogP contribution in [-0.2, 0) is 11.3 Å². The van der Waals surface area contributed by atoms with Gasteiger partial charge in [0.05, 0.1) is 0 Å². The zero-order valence-corrected chi connectivity index (χ0v) is 12.9. The van der Waals surface area contributed by atoms with Crippen LogP contribution in [0, 0.1) is 19.7 Å². The summed E-state index contributed by atoms with van der Waals surface area (Å²) in [5, 5.41) is 6.11. The van der Waals surface area contributed by atoms with Gasteiger partial charge in [0, 0.05) is 25.2 Å². The van der Waals surface area contributed by atoms with Crippen LogP contribution >= 0.6 is 0 Å². The van der Waals surface area contributed by atoms with Gasteiger partial charge in [-0.2, -0.15) is 0 Å². The molecule has 0 saturated heterocycles. The summed E-state index contributed by atoms with van der Waals surface area (Å²) in [5.74, 6) is -0.253. The van der Waals surface area contributed by atoms with Crippen molar-refractivity contribution in [1.82, 2.24) is 5.32 Å². The third-order valence-electron chi connectivity index (χ3n) is 3.44. The van der Waals surface area contributed by atoms with Crippen molar-refractivity contribution < 1.29 is 9.18 Å².